The van der Waals surface area contributed by atoms with Gasteiger partial charge in [0, 0.05) is 13.1 Å². The molecule has 3 rings (SSSR count). The third kappa shape index (κ3) is 1.73. The molecule has 1 spiro atoms. The first-order chi connectivity index (χ1) is 8.58. The van der Waals surface area contributed by atoms with Gasteiger partial charge in [0.1, 0.15) is 5.41 Å². The zero-order valence-corrected chi connectivity index (χ0v) is 10.8. The van der Waals surface area contributed by atoms with Crippen molar-refractivity contribution >= 4 is 11.9 Å². The fraction of sp³-hybridized carbons (Fsp3) is 0.857. The van der Waals surface area contributed by atoms with E-state index in [-0.39, 0.29) is 5.91 Å². The van der Waals surface area contributed by atoms with Crippen molar-refractivity contribution in [2.75, 3.05) is 13.1 Å². The van der Waals surface area contributed by atoms with Crippen LogP contribution in [0.4, 0.5) is 0 Å². The van der Waals surface area contributed by atoms with Gasteiger partial charge in [0.05, 0.1) is 0 Å². The number of carboxylic acid groups (broad SMARTS) is 1. The number of nitrogens with zero attached hydrogens (tertiary/aromatic N) is 1. The molecule has 0 aromatic carbocycles. The summed E-state index contributed by atoms with van der Waals surface area (Å²) in [6, 6.07) is 0. The molecular weight excluding hydrogens is 230 g/mol. The lowest BCUT2D eigenvalue weighted by molar-refractivity contribution is -0.153. The van der Waals surface area contributed by atoms with E-state index in [0.717, 1.165) is 19.5 Å². The molecule has 3 fully saturated rings. The third-order valence-electron chi connectivity index (χ3n) is 5.21. The second-order valence-electron chi connectivity index (χ2n) is 6.42. The number of aliphatic carboxylic acids is 1. The molecule has 4 nitrogen and oxygen atoms in total. The Morgan fingerprint density at radius 3 is 2.17 bits per heavy atom. The lowest BCUT2D eigenvalue weighted by atomic mass is 9.73. The van der Waals surface area contributed by atoms with Crippen molar-refractivity contribution in [3.8, 4) is 0 Å². The Morgan fingerprint density at radius 1 is 0.944 bits per heavy atom. The number of rotatable bonds is 2. The van der Waals surface area contributed by atoms with Crippen LogP contribution in [0.1, 0.15) is 51.4 Å². The van der Waals surface area contributed by atoms with Gasteiger partial charge in [0.15, 0.2) is 0 Å². The first-order valence-electron chi connectivity index (χ1n) is 7.11. The Balaban J connectivity index is 1.69. The number of hydrogen-bond donors (Lipinski definition) is 1. The highest BCUT2D eigenvalue weighted by atomic mass is 16.4. The normalized spacial score (nSPS) is 28.3. The van der Waals surface area contributed by atoms with Crippen molar-refractivity contribution in [3.05, 3.63) is 0 Å². The molecule has 2 aliphatic carbocycles. The zero-order chi connectivity index (χ0) is 12.8. The predicted octanol–water partition coefficient (Wildman–Crippen LogP) is 2.03. The van der Waals surface area contributed by atoms with Gasteiger partial charge in [-0.1, -0.05) is 19.3 Å². The van der Waals surface area contributed by atoms with Gasteiger partial charge in [-0.3, -0.25) is 9.59 Å². The minimum atomic E-state index is -1.04. The summed E-state index contributed by atoms with van der Waals surface area (Å²) in [5.41, 5.74) is -0.720. The number of likely N-dealkylation sites (tertiary alicyclic amines) is 1. The summed E-state index contributed by atoms with van der Waals surface area (Å²) in [4.78, 5) is 25.4. The maximum Gasteiger partial charge on any atom is 0.319 e. The molecule has 0 radical (unpaired) electrons. The lowest BCUT2D eigenvalue weighted by Gasteiger charge is -2.33. The van der Waals surface area contributed by atoms with Gasteiger partial charge >= 0.3 is 5.97 Å². The summed E-state index contributed by atoms with van der Waals surface area (Å²) in [7, 11) is 0. The van der Waals surface area contributed by atoms with Crippen molar-refractivity contribution in [3.63, 3.8) is 0 Å². The Kier molecular flexibility index (Phi) is 2.65. The van der Waals surface area contributed by atoms with Crippen molar-refractivity contribution in [1.82, 2.24) is 4.90 Å². The zero-order valence-electron chi connectivity index (χ0n) is 10.8. The summed E-state index contributed by atoms with van der Waals surface area (Å²) in [6.07, 6.45) is 8.43. The topological polar surface area (TPSA) is 57.6 Å². The van der Waals surface area contributed by atoms with Gasteiger partial charge in [0.2, 0.25) is 5.91 Å². The van der Waals surface area contributed by atoms with Gasteiger partial charge in [-0.05, 0) is 37.5 Å². The summed E-state index contributed by atoms with van der Waals surface area (Å²) in [5, 5.41) is 9.19. The van der Waals surface area contributed by atoms with Crippen molar-refractivity contribution < 1.29 is 14.7 Å². The monoisotopic (exact) mass is 251 g/mol. The minimum absolute atomic E-state index is 0.113. The largest absolute Gasteiger partial charge is 0.480 e. The Hall–Kier alpha value is -1.06. The van der Waals surface area contributed by atoms with Crippen LogP contribution in [-0.2, 0) is 9.59 Å². The van der Waals surface area contributed by atoms with E-state index in [0.29, 0.717) is 18.3 Å². The van der Waals surface area contributed by atoms with Crippen molar-refractivity contribution in [2.24, 2.45) is 10.8 Å². The average Bonchev–Trinajstić information content (AvgIpc) is 3.09. The van der Waals surface area contributed by atoms with Gasteiger partial charge < -0.3 is 10.0 Å². The van der Waals surface area contributed by atoms with Gasteiger partial charge in [0.25, 0.3) is 0 Å². The molecule has 1 heterocycles. The molecule has 3 aliphatic rings. The fourth-order valence-corrected chi connectivity index (χ4v) is 3.77. The van der Waals surface area contributed by atoms with Gasteiger partial charge in [-0.15, -0.1) is 0 Å². The van der Waals surface area contributed by atoms with Crippen LogP contribution in [0.5, 0.6) is 0 Å². The van der Waals surface area contributed by atoms with Crippen LogP contribution in [0.25, 0.3) is 0 Å². The Morgan fingerprint density at radius 2 is 1.61 bits per heavy atom. The van der Waals surface area contributed by atoms with E-state index in [2.05, 4.69) is 0 Å². The third-order valence-corrected chi connectivity index (χ3v) is 5.21. The number of amides is 1. The highest BCUT2D eigenvalue weighted by Crippen LogP contribution is 2.50. The average molecular weight is 251 g/mol. The second kappa shape index (κ2) is 3.97. The van der Waals surface area contributed by atoms with E-state index < -0.39 is 11.4 Å². The van der Waals surface area contributed by atoms with Crippen LogP contribution < -0.4 is 0 Å². The molecule has 0 aromatic rings. The molecule has 4 heteroatoms. The molecule has 0 unspecified atom stereocenters. The maximum atomic E-state index is 12.3. The highest BCUT2D eigenvalue weighted by Gasteiger charge is 2.59. The van der Waals surface area contributed by atoms with Crippen LogP contribution in [0, 0.1) is 10.8 Å². The maximum absolute atomic E-state index is 12.3. The summed E-state index contributed by atoms with van der Waals surface area (Å²) >= 11 is 0. The molecule has 1 aliphatic heterocycles. The molecule has 0 atom stereocenters. The van der Waals surface area contributed by atoms with E-state index in [1.807, 2.05) is 4.90 Å². The predicted molar refractivity (Wildman–Crippen MR) is 66.0 cm³/mol. The quantitative estimate of drug-likeness (QED) is 0.764. The van der Waals surface area contributed by atoms with E-state index >= 15 is 0 Å². The van der Waals surface area contributed by atoms with Gasteiger partial charge in [-0.25, -0.2) is 0 Å². The molecule has 18 heavy (non-hydrogen) atoms. The number of carbonyl (C=O) groups is 2. The molecule has 0 aromatic heterocycles. The van der Waals surface area contributed by atoms with E-state index in [1.54, 1.807) is 0 Å². The second-order valence-corrected chi connectivity index (χ2v) is 6.42. The van der Waals surface area contributed by atoms with Crippen LogP contribution in [0.3, 0.4) is 0 Å². The molecule has 1 saturated heterocycles. The molecule has 0 bridgehead atoms. The molecular formula is C14H21NO3. The fourth-order valence-electron chi connectivity index (χ4n) is 3.77. The summed E-state index contributed by atoms with van der Waals surface area (Å²) in [5.74, 6) is -1.03. The highest BCUT2D eigenvalue weighted by molar-refractivity contribution is 6.04. The molecule has 1 amide bonds. The Labute approximate surface area is 107 Å². The van der Waals surface area contributed by atoms with Crippen LogP contribution in [0.15, 0.2) is 0 Å². The SMILES string of the molecule is O=C(O)C1(C(=O)N2CCC3(CCCCC3)C2)CC1. The van der Waals surface area contributed by atoms with Crippen LogP contribution in [0.2, 0.25) is 0 Å². The van der Waals surface area contributed by atoms with Crippen LogP contribution >= 0.6 is 0 Å². The lowest BCUT2D eigenvalue weighted by Crippen LogP contribution is -2.41. The standard InChI is InChI=1S/C14H21NO3/c16-11(14(6-7-14)12(17)18)15-9-8-13(10-15)4-2-1-3-5-13/h1-10H2,(H,17,18). The van der Waals surface area contributed by atoms with Gasteiger partial charge in [-0.2, -0.15) is 0 Å². The van der Waals surface area contributed by atoms with E-state index in [9.17, 15) is 14.7 Å². The molecule has 100 valence electrons. The molecule has 1 N–H and O–H groups in total. The number of hydrogen-bond acceptors (Lipinski definition) is 2. The first-order valence-corrected chi connectivity index (χ1v) is 7.11. The Bertz CT molecular complexity index is 381. The number of carboxylic acids is 1. The molecule has 2 saturated carbocycles. The summed E-state index contributed by atoms with van der Waals surface area (Å²) in [6.45, 7) is 1.58. The van der Waals surface area contributed by atoms with Crippen LogP contribution in [-0.4, -0.2) is 35.0 Å². The number of carbonyl (C=O) groups excluding carboxylic acids is 1. The first kappa shape index (κ1) is 12.0. The van der Waals surface area contributed by atoms with E-state index in [4.69, 9.17) is 0 Å². The van der Waals surface area contributed by atoms with Crippen molar-refractivity contribution in [2.45, 2.75) is 51.4 Å². The summed E-state index contributed by atoms with van der Waals surface area (Å²) < 4.78 is 0. The van der Waals surface area contributed by atoms with Crippen molar-refractivity contribution in [1.29, 1.82) is 0 Å². The smallest absolute Gasteiger partial charge is 0.319 e. The minimum Gasteiger partial charge on any atom is -0.480 e. The van der Waals surface area contributed by atoms with E-state index in [1.165, 1.54) is 32.1 Å².